The SMILES string of the molecule is COC(=O)CC(N)C(=O)NC(Cc1ccccc1)C(=O)O. The number of carbonyl (C=O) groups is 3. The summed E-state index contributed by atoms with van der Waals surface area (Å²) in [7, 11) is 1.18. The fourth-order valence-electron chi connectivity index (χ4n) is 1.68. The summed E-state index contributed by atoms with van der Waals surface area (Å²) in [5.74, 6) is -2.51. The number of benzene rings is 1. The van der Waals surface area contributed by atoms with Crippen molar-refractivity contribution in [3.63, 3.8) is 0 Å². The van der Waals surface area contributed by atoms with Crippen LogP contribution in [0.15, 0.2) is 30.3 Å². The number of esters is 1. The molecular weight excluding hydrogens is 276 g/mol. The zero-order valence-electron chi connectivity index (χ0n) is 11.6. The van der Waals surface area contributed by atoms with Crippen LogP contribution in [0.25, 0.3) is 0 Å². The summed E-state index contributed by atoms with van der Waals surface area (Å²) in [5.41, 5.74) is 6.30. The van der Waals surface area contributed by atoms with Gasteiger partial charge in [-0.15, -0.1) is 0 Å². The summed E-state index contributed by atoms with van der Waals surface area (Å²) in [6.07, 6.45) is -0.174. The minimum Gasteiger partial charge on any atom is -0.480 e. The zero-order chi connectivity index (χ0) is 15.8. The number of nitrogens with one attached hydrogen (secondary N) is 1. The van der Waals surface area contributed by atoms with E-state index in [0.29, 0.717) is 0 Å². The van der Waals surface area contributed by atoms with Gasteiger partial charge in [-0.2, -0.15) is 0 Å². The maximum Gasteiger partial charge on any atom is 0.326 e. The first-order valence-electron chi connectivity index (χ1n) is 6.33. The van der Waals surface area contributed by atoms with Crippen molar-refractivity contribution in [3.8, 4) is 0 Å². The highest BCUT2D eigenvalue weighted by Gasteiger charge is 2.25. The number of hydrogen-bond donors (Lipinski definition) is 3. The Bertz CT molecular complexity index is 503. The van der Waals surface area contributed by atoms with Gasteiger partial charge in [0.1, 0.15) is 6.04 Å². The first-order chi connectivity index (χ1) is 9.93. The maximum atomic E-state index is 11.8. The number of carboxylic acids is 1. The highest BCUT2D eigenvalue weighted by atomic mass is 16.5. The lowest BCUT2D eigenvalue weighted by Gasteiger charge is -2.17. The van der Waals surface area contributed by atoms with Gasteiger partial charge in [0.25, 0.3) is 0 Å². The molecule has 0 spiro atoms. The van der Waals surface area contributed by atoms with Gasteiger partial charge in [0.2, 0.25) is 5.91 Å². The number of rotatable bonds is 7. The number of methoxy groups -OCH3 is 1. The van der Waals surface area contributed by atoms with Crippen molar-refractivity contribution in [3.05, 3.63) is 35.9 Å². The van der Waals surface area contributed by atoms with E-state index in [2.05, 4.69) is 10.1 Å². The zero-order valence-corrected chi connectivity index (χ0v) is 11.6. The Balaban J connectivity index is 2.64. The fraction of sp³-hybridized carbons (Fsp3) is 0.357. The molecule has 1 aromatic carbocycles. The third-order valence-electron chi connectivity index (χ3n) is 2.85. The predicted octanol–water partition coefficient (Wildman–Crippen LogP) is -0.311. The number of ether oxygens (including phenoxy) is 1. The van der Waals surface area contributed by atoms with Gasteiger partial charge < -0.3 is 20.9 Å². The summed E-state index contributed by atoms with van der Waals surface area (Å²) in [4.78, 5) is 34.0. The Morgan fingerprint density at radius 1 is 1.29 bits per heavy atom. The lowest BCUT2D eigenvalue weighted by molar-refractivity contribution is -0.143. The van der Waals surface area contributed by atoms with Crippen molar-refractivity contribution in [1.82, 2.24) is 5.32 Å². The van der Waals surface area contributed by atoms with Crippen LogP contribution in [0.5, 0.6) is 0 Å². The lowest BCUT2D eigenvalue weighted by Crippen LogP contribution is -2.50. The second-order valence-corrected chi connectivity index (χ2v) is 4.48. The molecular formula is C14H18N2O5. The molecule has 0 radical (unpaired) electrons. The van der Waals surface area contributed by atoms with E-state index >= 15 is 0 Å². The number of carbonyl (C=O) groups excluding carboxylic acids is 2. The van der Waals surface area contributed by atoms with Crippen LogP contribution in [-0.2, 0) is 25.5 Å². The van der Waals surface area contributed by atoms with E-state index in [-0.39, 0.29) is 12.8 Å². The summed E-state index contributed by atoms with van der Waals surface area (Å²) in [6.45, 7) is 0. The van der Waals surface area contributed by atoms with Gasteiger partial charge >= 0.3 is 11.9 Å². The number of aliphatic carboxylic acids is 1. The van der Waals surface area contributed by atoms with Gasteiger partial charge in [0, 0.05) is 6.42 Å². The molecule has 7 nitrogen and oxygen atoms in total. The summed E-state index contributed by atoms with van der Waals surface area (Å²) in [6, 6.07) is 6.63. The minimum atomic E-state index is -1.17. The largest absolute Gasteiger partial charge is 0.480 e. The van der Waals surface area contributed by atoms with Crippen LogP contribution in [-0.4, -0.2) is 42.1 Å². The summed E-state index contributed by atoms with van der Waals surface area (Å²) in [5, 5.41) is 11.5. The van der Waals surface area contributed by atoms with Crippen molar-refractivity contribution >= 4 is 17.8 Å². The maximum absolute atomic E-state index is 11.8. The third-order valence-corrected chi connectivity index (χ3v) is 2.85. The molecule has 0 aromatic heterocycles. The second kappa shape index (κ2) is 8.01. The van der Waals surface area contributed by atoms with Gasteiger partial charge in [-0.25, -0.2) is 4.79 Å². The lowest BCUT2D eigenvalue weighted by atomic mass is 10.1. The smallest absolute Gasteiger partial charge is 0.326 e. The molecule has 1 rings (SSSR count). The number of hydrogen-bond acceptors (Lipinski definition) is 5. The Hall–Kier alpha value is -2.41. The van der Waals surface area contributed by atoms with Crippen LogP contribution in [0.4, 0.5) is 0 Å². The molecule has 0 aliphatic rings. The van der Waals surface area contributed by atoms with Crippen molar-refractivity contribution < 1.29 is 24.2 Å². The van der Waals surface area contributed by atoms with Gasteiger partial charge in [0.05, 0.1) is 19.6 Å². The molecule has 4 N–H and O–H groups in total. The Morgan fingerprint density at radius 3 is 2.43 bits per heavy atom. The van der Waals surface area contributed by atoms with Crippen LogP contribution >= 0.6 is 0 Å². The van der Waals surface area contributed by atoms with Crippen LogP contribution in [0, 0.1) is 0 Å². The molecule has 0 fully saturated rings. The van der Waals surface area contributed by atoms with Crippen LogP contribution in [0.3, 0.4) is 0 Å². The Kier molecular flexibility index (Phi) is 6.35. The monoisotopic (exact) mass is 294 g/mol. The van der Waals surface area contributed by atoms with Crippen LogP contribution in [0.1, 0.15) is 12.0 Å². The highest BCUT2D eigenvalue weighted by Crippen LogP contribution is 2.04. The first-order valence-corrected chi connectivity index (χ1v) is 6.33. The normalized spacial score (nSPS) is 13.0. The predicted molar refractivity (Wildman–Crippen MR) is 74.3 cm³/mol. The molecule has 0 saturated carbocycles. The topological polar surface area (TPSA) is 119 Å². The van der Waals surface area contributed by atoms with Crippen molar-refractivity contribution in [2.24, 2.45) is 5.73 Å². The molecule has 7 heteroatoms. The standard InChI is InChI=1S/C14H18N2O5/c1-21-12(17)8-10(15)13(18)16-11(14(19)20)7-9-5-3-2-4-6-9/h2-6,10-11H,7-8,15H2,1H3,(H,16,18)(H,19,20). The number of nitrogens with two attached hydrogens (primary N) is 1. The molecule has 114 valence electrons. The van der Waals surface area contributed by atoms with Crippen LogP contribution in [0.2, 0.25) is 0 Å². The molecule has 2 atom stereocenters. The van der Waals surface area contributed by atoms with E-state index in [4.69, 9.17) is 10.8 Å². The van der Waals surface area contributed by atoms with E-state index in [9.17, 15) is 14.4 Å². The van der Waals surface area contributed by atoms with Crippen molar-refractivity contribution in [1.29, 1.82) is 0 Å². The van der Waals surface area contributed by atoms with E-state index in [1.165, 1.54) is 7.11 Å². The molecule has 1 aromatic rings. The van der Waals surface area contributed by atoms with E-state index in [1.54, 1.807) is 24.3 Å². The quantitative estimate of drug-likeness (QED) is 0.593. The molecule has 0 bridgehead atoms. The van der Waals surface area contributed by atoms with Gasteiger partial charge in [-0.3, -0.25) is 9.59 Å². The van der Waals surface area contributed by atoms with Gasteiger partial charge in [0.15, 0.2) is 0 Å². The highest BCUT2D eigenvalue weighted by molar-refractivity contribution is 5.89. The van der Waals surface area contributed by atoms with Crippen LogP contribution < -0.4 is 11.1 Å². The first kappa shape index (κ1) is 16.6. The molecule has 2 unspecified atom stereocenters. The summed E-state index contributed by atoms with van der Waals surface area (Å²) < 4.78 is 4.40. The van der Waals surface area contributed by atoms with E-state index in [1.807, 2.05) is 6.07 Å². The van der Waals surface area contributed by atoms with E-state index < -0.39 is 29.9 Å². The van der Waals surface area contributed by atoms with Crippen molar-refractivity contribution in [2.75, 3.05) is 7.11 Å². The average Bonchev–Trinajstić information content (AvgIpc) is 2.47. The van der Waals surface area contributed by atoms with Gasteiger partial charge in [-0.1, -0.05) is 30.3 Å². The van der Waals surface area contributed by atoms with Gasteiger partial charge in [-0.05, 0) is 5.56 Å². The molecule has 0 saturated heterocycles. The minimum absolute atomic E-state index is 0.132. The third kappa shape index (κ3) is 5.62. The fourth-order valence-corrected chi connectivity index (χ4v) is 1.68. The molecule has 1 amide bonds. The Morgan fingerprint density at radius 2 is 1.90 bits per heavy atom. The number of amides is 1. The Labute approximate surface area is 122 Å². The number of carboxylic acid groups (broad SMARTS) is 1. The molecule has 0 aliphatic heterocycles. The summed E-state index contributed by atoms with van der Waals surface area (Å²) >= 11 is 0. The van der Waals surface area contributed by atoms with E-state index in [0.717, 1.165) is 5.56 Å². The van der Waals surface area contributed by atoms with Crippen molar-refractivity contribution in [2.45, 2.75) is 24.9 Å². The molecule has 0 aliphatic carbocycles. The second-order valence-electron chi connectivity index (χ2n) is 4.48. The molecule has 0 heterocycles. The molecule has 21 heavy (non-hydrogen) atoms. The average molecular weight is 294 g/mol.